The Labute approximate surface area is 209 Å². The fourth-order valence-electron chi connectivity index (χ4n) is 4.06. The fraction of sp³-hybridized carbons (Fsp3) is 0.250. The van der Waals surface area contributed by atoms with Gasteiger partial charge in [-0.3, -0.25) is 19.5 Å². The number of hydrogen-bond donors (Lipinski definition) is 1. The summed E-state index contributed by atoms with van der Waals surface area (Å²) in [4.78, 5) is 32.4. The third kappa shape index (κ3) is 4.88. The second-order valence-electron chi connectivity index (χ2n) is 9.01. The van der Waals surface area contributed by atoms with Gasteiger partial charge in [-0.25, -0.2) is 4.98 Å². The highest BCUT2D eigenvalue weighted by atomic mass is 16.5. The molecule has 2 amide bonds. The van der Waals surface area contributed by atoms with Gasteiger partial charge in [-0.1, -0.05) is 6.07 Å². The predicted molar refractivity (Wildman–Crippen MR) is 136 cm³/mol. The number of hydrogen-bond acceptors (Lipinski definition) is 5. The maximum absolute atomic E-state index is 13.2. The number of nitrogens with one attached hydrogen (secondary N) is 1. The lowest BCUT2D eigenvalue weighted by atomic mass is 10.1. The van der Waals surface area contributed by atoms with Crippen molar-refractivity contribution in [2.45, 2.75) is 32.7 Å². The van der Waals surface area contributed by atoms with Gasteiger partial charge >= 0.3 is 0 Å². The average Bonchev–Trinajstić information content (AvgIpc) is 3.40. The third-order valence-electron chi connectivity index (χ3n) is 6.41. The molecule has 2 aromatic carbocycles. The van der Waals surface area contributed by atoms with Crippen molar-refractivity contribution in [3.05, 3.63) is 83.9 Å². The number of amides is 2. The van der Waals surface area contributed by atoms with E-state index in [2.05, 4.69) is 18.3 Å². The molecular formula is C28H28N4O4. The summed E-state index contributed by atoms with van der Waals surface area (Å²) < 4.78 is 12.4. The molecule has 0 saturated heterocycles. The second kappa shape index (κ2) is 9.73. The van der Waals surface area contributed by atoms with Gasteiger partial charge in [-0.2, -0.15) is 0 Å². The molecule has 1 N–H and O–H groups in total. The molecule has 0 unspecified atom stereocenters. The van der Waals surface area contributed by atoms with Crippen LogP contribution in [0.5, 0.6) is 5.75 Å². The Morgan fingerprint density at radius 1 is 1.11 bits per heavy atom. The summed E-state index contributed by atoms with van der Waals surface area (Å²) in [7, 11) is 1.62. The van der Waals surface area contributed by atoms with E-state index < -0.39 is 0 Å². The standard InChI is InChI=1S/C28H28N4O4/c1-18-6-9-22(15-19(18)2)32-16-24(20-7-12-23(35-3)13-8-20)29-28(32)30-26(33)17-31(21-10-11-21)27(34)25-5-4-14-36-25/h4-9,12-16,21H,10-11,17H2,1-3H3,(H,29,30,33). The van der Waals surface area contributed by atoms with Crippen molar-refractivity contribution in [3.8, 4) is 22.7 Å². The van der Waals surface area contributed by atoms with Gasteiger partial charge in [-0.05, 0) is 86.3 Å². The normalized spacial score (nSPS) is 12.9. The summed E-state index contributed by atoms with van der Waals surface area (Å²) >= 11 is 0. The van der Waals surface area contributed by atoms with Crippen molar-refractivity contribution in [3.63, 3.8) is 0 Å². The number of nitrogens with zero attached hydrogens (tertiary/aromatic N) is 3. The number of aromatic nitrogens is 2. The van der Waals surface area contributed by atoms with Crippen LogP contribution in [-0.2, 0) is 4.79 Å². The Kier molecular flexibility index (Phi) is 6.33. The smallest absolute Gasteiger partial charge is 0.290 e. The Hall–Kier alpha value is -4.33. The van der Waals surface area contributed by atoms with Gasteiger partial charge in [-0.15, -0.1) is 0 Å². The highest BCUT2D eigenvalue weighted by Gasteiger charge is 2.35. The lowest BCUT2D eigenvalue weighted by Gasteiger charge is -2.20. The van der Waals surface area contributed by atoms with Gasteiger partial charge in [0.25, 0.3) is 5.91 Å². The average molecular weight is 485 g/mol. The molecule has 2 aromatic heterocycles. The predicted octanol–water partition coefficient (Wildman–Crippen LogP) is 5.00. The van der Waals surface area contributed by atoms with E-state index in [0.717, 1.165) is 35.4 Å². The number of anilines is 1. The zero-order valence-electron chi connectivity index (χ0n) is 20.5. The van der Waals surface area contributed by atoms with E-state index in [-0.39, 0.29) is 30.2 Å². The van der Waals surface area contributed by atoms with Crippen LogP contribution in [0.3, 0.4) is 0 Å². The molecule has 0 atom stereocenters. The lowest BCUT2D eigenvalue weighted by Crippen LogP contribution is -2.39. The van der Waals surface area contributed by atoms with Gasteiger partial charge in [0.2, 0.25) is 11.9 Å². The molecule has 36 heavy (non-hydrogen) atoms. The van der Waals surface area contributed by atoms with Gasteiger partial charge in [0.1, 0.15) is 12.3 Å². The van der Waals surface area contributed by atoms with Crippen LogP contribution in [0.2, 0.25) is 0 Å². The van der Waals surface area contributed by atoms with Crippen molar-refractivity contribution in [1.29, 1.82) is 0 Å². The molecule has 4 aromatic rings. The van der Waals surface area contributed by atoms with Gasteiger partial charge in [0.05, 0.1) is 19.1 Å². The number of methoxy groups -OCH3 is 1. The molecule has 1 aliphatic carbocycles. The van der Waals surface area contributed by atoms with E-state index in [1.807, 2.05) is 54.1 Å². The largest absolute Gasteiger partial charge is 0.497 e. The SMILES string of the molecule is COc1ccc(-c2cn(-c3ccc(C)c(C)c3)c(NC(=O)CN(C(=O)c3ccco3)C3CC3)n2)cc1. The third-order valence-corrected chi connectivity index (χ3v) is 6.41. The van der Waals surface area contributed by atoms with Crippen molar-refractivity contribution in [2.24, 2.45) is 0 Å². The quantitative estimate of drug-likeness (QED) is 0.380. The molecule has 0 radical (unpaired) electrons. The van der Waals surface area contributed by atoms with Crippen molar-refractivity contribution < 1.29 is 18.7 Å². The van der Waals surface area contributed by atoms with Crippen LogP contribution < -0.4 is 10.1 Å². The van der Waals surface area contributed by atoms with E-state index in [0.29, 0.717) is 11.6 Å². The van der Waals surface area contributed by atoms with E-state index in [9.17, 15) is 9.59 Å². The summed E-state index contributed by atoms with van der Waals surface area (Å²) in [6.45, 7) is 4.02. The first kappa shape index (κ1) is 23.4. The minimum atomic E-state index is -0.321. The highest BCUT2D eigenvalue weighted by Crippen LogP contribution is 2.29. The molecule has 1 saturated carbocycles. The summed E-state index contributed by atoms with van der Waals surface area (Å²) in [6.07, 6.45) is 5.10. The van der Waals surface area contributed by atoms with E-state index in [1.54, 1.807) is 24.1 Å². The number of rotatable bonds is 8. The number of carbonyl (C=O) groups is 2. The first-order valence-corrected chi connectivity index (χ1v) is 11.9. The van der Waals surface area contributed by atoms with Gasteiger partial charge < -0.3 is 14.1 Å². The van der Waals surface area contributed by atoms with Crippen LogP contribution in [-0.4, -0.2) is 46.0 Å². The molecule has 1 fully saturated rings. The Morgan fingerprint density at radius 2 is 1.89 bits per heavy atom. The van der Waals surface area contributed by atoms with Crippen molar-refractivity contribution >= 4 is 17.8 Å². The van der Waals surface area contributed by atoms with Gasteiger partial charge in [0.15, 0.2) is 5.76 Å². The Balaban J connectivity index is 1.44. The first-order valence-electron chi connectivity index (χ1n) is 11.9. The van der Waals surface area contributed by atoms with E-state index in [1.165, 1.54) is 11.8 Å². The zero-order chi connectivity index (χ0) is 25.2. The van der Waals surface area contributed by atoms with Crippen LogP contribution in [0, 0.1) is 13.8 Å². The molecule has 8 heteroatoms. The summed E-state index contributed by atoms with van der Waals surface area (Å²) in [6, 6.07) is 17.0. The molecule has 184 valence electrons. The van der Waals surface area contributed by atoms with Gasteiger partial charge in [0, 0.05) is 23.5 Å². The van der Waals surface area contributed by atoms with Crippen molar-refractivity contribution in [1.82, 2.24) is 14.5 Å². The zero-order valence-corrected chi connectivity index (χ0v) is 20.5. The maximum Gasteiger partial charge on any atom is 0.290 e. The number of furan rings is 1. The molecule has 2 heterocycles. The van der Waals surface area contributed by atoms with Crippen LogP contribution in [0.25, 0.3) is 16.9 Å². The monoisotopic (exact) mass is 484 g/mol. The molecule has 1 aliphatic rings. The summed E-state index contributed by atoms with van der Waals surface area (Å²) in [5.41, 5.74) is 4.79. The molecule has 8 nitrogen and oxygen atoms in total. The maximum atomic E-state index is 13.2. The topological polar surface area (TPSA) is 89.6 Å². The molecule has 0 aliphatic heterocycles. The molecule has 5 rings (SSSR count). The van der Waals surface area contributed by atoms with Crippen LogP contribution in [0.4, 0.5) is 5.95 Å². The lowest BCUT2D eigenvalue weighted by molar-refractivity contribution is -0.117. The number of aryl methyl sites for hydroxylation is 2. The fourth-order valence-corrected chi connectivity index (χ4v) is 4.06. The van der Waals surface area contributed by atoms with E-state index in [4.69, 9.17) is 14.1 Å². The minimum Gasteiger partial charge on any atom is -0.497 e. The minimum absolute atomic E-state index is 0.0442. The van der Waals surface area contributed by atoms with Crippen molar-refractivity contribution in [2.75, 3.05) is 19.0 Å². The Morgan fingerprint density at radius 3 is 2.53 bits per heavy atom. The van der Waals surface area contributed by atoms with Crippen LogP contribution >= 0.6 is 0 Å². The number of ether oxygens (including phenoxy) is 1. The summed E-state index contributed by atoms with van der Waals surface area (Å²) in [5, 5.41) is 2.93. The van der Waals surface area contributed by atoms with Crippen LogP contribution in [0.15, 0.2) is 71.5 Å². The second-order valence-corrected chi connectivity index (χ2v) is 9.01. The number of imidazole rings is 1. The molecule has 0 spiro atoms. The number of benzene rings is 2. The molecule has 0 bridgehead atoms. The van der Waals surface area contributed by atoms with E-state index >= 15 is 0 Å². The number of carbonyl (C=O) groups excluding carboxylic acids is 2. The van der Waals surface area contributed by atoms with Crippen LogP contribution in [0.1, 0.15) is 34.5 Å². The Bertz CT molecular complexity index is 1390. The summed E-state index contributed by atoms with van der Waals surface area (Å²) in [5.74, 6) is 0.762. The molecular weight excluding hydrogens is 456 g/mol. The first-order chi connectivity index (χ1) is 17.4. The highest BCUT2D eigenvalue weighted by molar-refractivity contribution is 5.98.